The number of carbonyl (C=O) groups is 2. The van der Waals surface area contributed by atoms with Crippen molar-refractivity contribution in [3.8, 4) is 11.5 Å². The van der Waals surface area contributed by atoms with Crippen molar-refractivity contribution in [2.75, 3.05) is 31.3 Å². The van der Waals surface area contributed by atoms with Gasteiger partial charge in [-0.1, -0.05) is 31.2 Å². The normalized spacial score (nSPS) is 12.1. The van der Waals surface area contributed by atoms with Crippen LogP contribution in [-0.2, 0) is 26.2 Å². The summed E-state index contributed by atoms with van der Waals surface area (Å²) in [7, 11) is -0.873. The van der Waals surface area contributed by atoms with E-state index < -0.39 is 28.5 Å². The van der Waals surface area contributed by atoms with Crippen LogP contribution in [0.25, 0.3) is 0 Å². The minimum atomic E-state index is -3.85. The summed E-state index contributed by atoms with van der Waals surface area (Å²) >= 11 is 0. The molecule has 1 atom stereocenters. The zero-order valence-corrected chi connectivity index (χ0v) is 22.0. The van der Waals surface area contributed by atoms with E-state index in [1.54, 1.807) is 49.6 Å². The van der Waals surface area contributed by atoms with Crippen molar-refractivity contribution in [1.29, 1.82) is 0 Å². The van der Waals surface area contributed by atoms with Crippen molar-refractivity contribution in [1.82, 2.24) is 10.2 Å². The van der Waals surface area contributed by atoms with Gasteiger partial charge in [-0.15, -0.1) is 0 Å². The molecule has 0 radical (unpaired) electrons. The summed E-state index contributed by atoms with van der Waals surface area (Å²) in [5.41, 5.74) is 0.989. The zero-order chi connectivity index (χ0) is 26.2. The Hall–Kier alpha value is -3.27. The van der Waals surface area contributed by atoms with Crippen LogP contribution in [0.1, 0.15) is 32.8 Å². The first-order chi connectivity index (χ1) is 16.5. The molecule has 0 heterocycles. The van der Waals surface area contributed by atoms with E-state index in [-0.39, 0.29) is 24.2 Å². The number of methoxy groups -OCH3 is 2. The molecule has 0 aliphatic heterocycles. The lowest BCUT2D eigenvalue weighted by Crippen LogP contribution is -2.53. The fraction of sp³-hybridized carbons (Fsp3) is 0.440. The molecule has 0 saturated carbocycles. The number of anilines is 1. The van der Waals surface area contributed by atoms with Gasteiger partial charge in [0.15, 0.2) is 0 Å². The Balaban J connectivity index is 2.49. The lowest BCUT2D eigenvalue weighted by Gasteiger charge is -2.33. The fourth-order valence-corrected chi connectivity index (χ4v) is 4.55. The minimum absolute atomic E-state index is 0.101. The number of carbonyl (C=O) groups excluding carboxylic acids is 2. The standard InChI is InChI=1S/C25H35N3O6S/c1-7-21(25(30)26-18(2)3)27(16-19-11-10-12-20(15-19)33-4)24(29)17-28(35(6,31)32)22-13-8-9-14-23(22)34-5/h8-15,18,21H,7,16-17H2,1-6H3,(H,26,30). The van der Waals surface area contributed by atoms with E-state index in [9.17, 15) is 18.0 Å². The molecule has 2 amide bonds. The molecule has 192 valence electrons. The maximum Gasteiger partial charge on any atom is 0.244 e. The zero-order valence-electron chi connectivity index (χ0n) is 21.1. The number of ether oxygens (including phenoxy) is 2. The van der Waals surface area contributed by atoms with Crippen LogP contribution in [0.2, 0.25) is 0 Å². The van der Waals surface area contributed by atoms with E-state index in [0.29, 0.717) is 17.9 Å². The van der Waals surface area contributed by atoms with Gasteiger partial charge in [-0.2, -0.15) is 0 Å². The highest BCUT2D eigenvalue weighted by atomic mass is 32.2. The molecule has 2 rings (SSSR count). The van der Waals surface area contributed by atoms with Gasteiger partial charge in [0.1, 0.15) is 24.1 Å². The molecule has 0 aliphatic carbocycles. The van der Waals surface area contributed by atoms with Gasteiger partial charge in [0.25, 0.3) is 0 Å². The molecule has 0 aromatic heterocycles. The number of nitrogens with one attached hydrogen (secondary N) is 1. The van der Waals surface area contributed by atoms with Crippen LogP contribution in [0.4, 0.5) is 5.69 Å². The number of benzene rings is 2. The monoisotopic (exact) mass is 505 g/mol. The number of rotatable bonds is 12. The highest BCUT2D eigenvalue weighted by Gasteiger charge is 2.32. The average Bonchev–Trinajstić information content (AvgIpc) is 2.81. The second-order valence-corrected chi connectivity index (χ2v) is 10.3. The Morgan fingerprint density at radius 1 is 1.03 bits per heavy atom. The van der Waals surface area contributed by atoms with Crippen LogP contribution in [0, 0.1) is 0 Å². The van der Waals surface area contributed by atoms with Crippen LogP contribution in [0.15, 0.2) is 48.5 Å². The lowest BCUT2D eigenvalue weighted by atomic mass is 10.1. The summed E-state index contributed by atoms with van der Waals surface area (Å²) in [6.07, 6.45) is 1.38. The van der Waals surface area contributed by atoms with Gasteiger partial charge in [-0.25, -0.2) is 8.42 Å². The van der Waals surface area contributed by atoms with Gasteiger partial charge >= 0.3 is 0 Å². The molecule has 0 bridgehead atoms. The van der Waals surface area contributed by atoms with E-state index in [1.165, 1.54) is 12.0 Å². The molecule has 10 heteroatoms. The van der Waals surface area contributed by atoms with Crippen molar-refractivity contribution < 1.29 is 27.5 Å². The number of hydrogen-bond donors (Lipinski definition) is 1. The predicted molar refractivity (Wildman–Crippen MR) is 136 cm³/mol. The summed E-state index contributed by atoms with van der Waals surface area (Å²) < 4.78 is 37.1. The van der Waals surface area contributed by atoms with Crippen LogP contribution >= 0.6 is 0 Å². The SMILES string of the molecule is CCC(C(=O)NC(C)C)N(Cc1cccc(OC)c1)C(=O)CN(c1ccccc1OC)S(C)(=O)=O. The van der Waals surface area contributed by atoms with Gasteiger partial charge < -0.3 is 19.7 Å². The van der Waals surface area contributed by atoms with Gasteiger partial charge in [0.05, 0.1) is 26.2 Å². The van der Waals surface area contributed by atoms with Crippen molar-refractivity contribution in [3.05, 3.63) is 54.1 Å². The summed E-state index contributed by atoms with van der Waals surface area (Å²) in [4.78, 5) is 28.1. The largest absolute Gasteiger partial charge is 0.497 e. The summed E-state index contributed by atoms with van der Waals surface area (Å²) in [6.45, 7) is 5.10. The Morgan fingerprint density at radius 3 is 2.29 bits per heavy atom. The van der Waals surface area contributed by atoms with Gasteiger partial charge in [-0.3, -0.25) is 13.9 Å². The molecule has 2 aromatic rings. The Labute approximate surface area is 208 Å². The Morgan fingerprint density at radius 2 is 1.71 bits per heavy atom. The number of nitrogens with zero attached hydrogens (tertiary/aromatic N) is 2. The van der Waals surface area contributed by atoms with E-state index in [0.717, 1.165) is 16.1 Å². The fourth-order valence-electron chi connectivity index (χ4n) is 3.70. The minimum Gasteiger partial charge on any atom is -0.497 e. The van der Waals surface area contributed by atoms with Crippen molar-refractivity contribution in [2.45, 2.75) is 45.8 Å². The summed E-state index contributed by atoms with van der Waals surface area (Å²) in [6, 6.07) is 12.8. The average molecular weight is 506 g/mol. The van der Waals surface area contributed by atoms with Crippen LogP contribution in [0.5, 0.6) is 11.5 Å². The lowest BCUT2D eigenvalue weighted by molar-refractivity contribution is -0.140. The second kappa shape index (κ2) is 12.4. The third-order valence-corrected chi connectivity index (χ3v) is 6.46. The summed E-state index contributed by atoms with van der Waals surface area (Å²) in [5.74, 6) is 0.105. The van der Waals surface area contributed by atoms with Crippen molar-refractivity contribution >= 4 is 27.5 Å². The Kier molecular flexibility index (Phi) is 9.94. The molecule has 0 spiro atoms. The maximum atomic E-state index is 13.7. The van der Waals surface area contributed by atoms with E-state index in [2.05, 4.69) is 5.32 Å². The first kappa shape index (κ1) is 28.0. The summed E-state index contributed by atoms with van der Waals surface area (Å²) in [5, 5.41) is 2.86. The molecule has 9 nitrogen and oxygen atoms in total. The number of amides is 2. The number of sulfonamides is 1. The highest BCUT2D eigenvalue weighted by Crippen LogP contribution is 2.30. The molecule has 35 heavy (non-hydrogen) atoms. The molecule has 1 N–H and O–H groups in total. The predicted octanol–water partition coefficient (Wildman–Crippen LogP) is 2.80. The molecule has 0 aliphatic rings. The van der Waals surface area contributed by atoms with Crippen LogP contribution < -0.4 is 19.1 Å². The molecule has 0 saturated heterocycles. The third-order valence-electron chi connectivity index (χ3n) is 5.34. The molecule has 0 fully saturated rings. The maximum absolute atomic E-state index is 13.7. The van der Waals surface area contributed by atoms with E-state index in [4.69, 9.17) is 9.47 Å². The van der Waals surface area contributed by atoms with E-state index >= 15 is 0 Å². The molecule has 2 aromatic carbocycles. The van der Waals surface area contributed by atoms with Crippen molar-refractivity contribution in [2.24, 2.45) is 0 Å². The third kappa shape index (κ3) is 7.61. The highest BCUT2D eigenvalue weighted by molar-refractivity contribution is 7.92. The number of hydrogen-bond acceptors (Lipinski definition) is 6. The van der Waals surface area contributed by atoms with E-state index in [1.807, 2.05) is 26.8 Å². The van der Waals surface area contributed by atoms with Gasteiger partial charge in [0.2, 0.25) is 21.8 Å². The smallest absolute Gasteiger partial charge is 0.244 e. The first-order valence-corrected chi connectivity index (χ1v) is 13.2. The van der Waals surface area contributed by atoms with Gasteiger partial charge in [-0.05, 0) is 50.1 Å². The van der Waals surface area contributed by atoms with Gasteiger partial charge in [0, 0.05) is 12.6 Å². The number of para-hydroxylation sites is 2. The molecular formula is C25H35N3O6S. The molecular weight excluding hydrogens is 470 g/mol. The Bertz CT molecular complexity index is 1120. The second-order valence-electron chi connectivity index (χ2n) is 8.40. The van der Waals surface area contributed by atoms with Crippen molar-refractivity contribution in [3.63, 3.8) is 0 Å². The van der Waals surface area contributed by atoms with Crippen LogP contribution in [-0.4, -0.2) is 64.2 Å². The topological polar surface area (TPSA) is 105 Å². The first-order valence-electron chi connectivity index (χ1n) is 11.3. The van der Waals surface area contributed by atoms with Crippen LogP contribution in [0.3, 0.4) is 0 Å². The quantitative estimate of drug-likeness (QED) is 0.476. The molecule has 1 unspecified atom stereocenters.